The molecule has 128 valence electrons. The summed E-state index contributed by atoms with van der Waals surface area (Å²) in [7, 11) is -3.16. The molecule has 0 saturated heterocycles. The van der Waals surface area contributed by atoms with E-state index in [0.29, 0.717) is 24.3 Å². The van der Waals surface area contributed by atoms with Crippen molar-refractivity contribution in [1.82, 2.24) is 4.72 Å². The normalized spacial score (nSPS) is 23.6. The second-order valence-corrected chi connectivity index (χ2v) is 10.1. The first-order chi connectivity index (χ1) is 10.8. The van der Waals surface area contributed by atoms with E-state index in [1.54, 1.807) is 25.2 Å². The molecule has 1 aliphatic carbocycles. The molecule has 1 unspecified atom stereocenters. The number of hydrogen-bond acceptors (Lipinski definition) is 4. The topological polar surface area (TPSA) is 70.0 Å². The van der Waals surface area contributed by atoms with Crippen LogP contribution in [-0.4, -0.2) is 20.2 Å². The number of nitriles is 1. The fourth-order valence-electron chi connectivity index (χ4n) is 3.18. The summed E-state index contributed by atoms with van der Waals surface area (Å²) in [6.07, 6.45) is 4.54. The minimum absolute atomic E-state index is 0.363. The van der Waals surface area contributed by atoms with Gasteiger partial charge in [0, 0.05) is 16.8 Å². The van der Waals surface area contributed by atoms with Crippen molar-refractivity contribution in [2.75, 3.05) is 6.54 Å². The van der Waals surface area contributed by atoms with Crippen LogP contribution in [-0.2, 0) is 10.0 Å². The summed E-state index contributed by atoms with van der Waals surface area (Å²) in [6.45, 7) is 6.09. The molecular formula is C17H26N2O2S2. The van der Waals surface area contributed by atoms with Gasteiger partial charge in [0.25, 0.3) is 0 Å². The molecule has 0 bridgehead atoms. The summed E-state index contributed by atoms with van der Waals surface area (Å²) in [5.74, 6) is 1.51. The largest absolute Gasteiger partial charge is 0.215 e. The first-order valence-electron chi connectivity index (χ1n) is 8.30. The molecule has 0 aromatic carbocycles. The Morgan fingerprint density at radius 3 is 2.48 bits per heavy atom. The average Bonchev–Trinajstić information content (AvgIpc) is 3.01. The van der Waals surface area contributed by atoms with Gasteiger partial charge in [-0.2, -0.15) is 5.26 Å². The van der Waals surface area contributed by atoms with Crippen LogP contribution >= 0.6 is 11.3 Å². The molecule has 1 aromatic rings. The zero-order valence-electron chi connectivity index (χ0n) is 14.1. The summed E-state index contributed by atoms with van der Waals surface area (Å²) in [4.78, 5) is 1.33. The van der Waals surface area contributed by atoms with Crippen LogP contribution in [0.25, 0.3) is 0 Å². The maximum absolute atomic E-state index is 11.8. The van der Waals surface area contributed by atoms with Gasteiger partial charge in [0.05, 0.1) is 10.8 Å². The summed E-state index contributed by atoms with van der Waals surface area (Å²) >= 11 is 1.69. The number of hydrogen-bond donors (Lipinski definition) is 1. The third kappa shape index (κ3) is 4.79. The molecule has 2 rings (SSSR count). The Hall–Kier alpha value is -0.900. The Morgan fingerprint density at radius 1 is 1.30 bits per heavy atom. The van der Waals surface area contributed by atoms with Gasteiger partial charge in [0.1, 0.15) is 6.07 Å². The molecule has 1 heterocycles. The van der Waals surface area contributed by atoms with Crippen molar-refractivity contribution in [2.45, 2.75) is 57.6 Å². The maximum atomic E-state index is 11.8. The summed E-state index contributed by atoms with van der Waals surface area (Å²) in [5, 5.41) is 10.5. The highest BCUT2D eigenvalue weighted by Crippen LogP contribution is 2.40. The molecule has 1 atom stereocenters. The predicted octanol–water partition coefficient (Wildman–Crippen LogP) is 3.86. The Labute approximate surface area is 144 Å². The molecule has 0 amide bonds. The molecule has 4 nitrogen and oxygen atoms in total. The molecule has 0 spiro atoms. The number of nitrogens with zero attached hydrogens (tertiary/aromatic N) is 1. The van der Waals surface area contributed by atoms with Gasteiger partial charge in [-0.3, -0.25) is 0 Å². The fourth-order valence-corrected chi connectivity index (χ4v) is 5.01. The van der Waals surface area contributed by atoms with Crippen LogP contribution in [0.2, 0.25) is 0 Å². The molecule has 1 fully saturated rings. The van der Waals surface area contributed by atoms with Crippen molar-refractivity contribution < 1.29 is 8.42 Å². The summed E-state index contributed by atoms with van der Waals surface area (Å²) < 4.78 is 26.4. The molecule has 1 saturated carbocycles. The van der Waals surface area contributed by atoms with E-state index in [0.717, 1.165) is 31.2 Å². The highest BCUT2D eigenvalue weighted by molar-refractivity contribution is 7.90. The standard InChI is InChI=1S/C17H26N2O2S2/c1-12(2)23(20,21)19-10-13(3)15-4-6-16(7-5-15)17-8-14(9-18)11-22-17/h8,11-13,15-16,19H,4-7,10H2,1-3H3. The van der Waals surface area contributed by atoms with E-state index in [2.05, 4.69) is 17.7 Å². The van der Waals surface area contributed by atoms with Gasteiger partial charge in [0.2, 0.25) is 10.0 Å². The van der Waals surface area contributed by atoms with Gasteiger partial charge in [-0.15, -0.1) is 11.3 Å². The van der Waals surface area contributed by atoms with E-state index in [1.807, 2.05) is 11.4 Å². The Morgan fingerprint density at radius 2 is 1.96 bits per heavy atom. The van der Waals surface area contributed by atoms with Crippen LogP contribution in [0.15, 0.2) is 11.4 Å². The van der Waals surface area contributed by atoms with Crippen molar-refractivity contribution in [1.29, 1.82) is 5.26 Å². The first-order valence-corrected chi connectivity index (χ1v) is 10.7. The highest BCUT2D eigenvalue weighted by atomic mass is 32.2. The monoisotopic (exact) mass is 354 g/mol. The second-order valence-electron chi connectivity index (χ2n) is 6.88. The molecule has 0 aliphatic heterocycles. The van der Waals surface area contributed by atoms with Crippen molar-refractivity contribution in [3.8, 4) is 6.07 Å². The fraction of sp³-hybridized carbons (Fsp3) is 0.706. The lowest BCUT2D eigenvalue weighted by atomic mass is 9.76. The molecule has 0 radical (unpaired) electrons. The van der Waals surface area contributed by atoms with E-state index < -0.39 is 10.0 Å². The quantitative estimate of drug-likeness (QED) is 0.843. The lowest BCUT2D eigenvalue weighted by Gasteiger charge is -2.32. The maximum Gasteiger partial charge on any atom is 0.213 e. The Kier molecular flexibility index (Phi) is 6.24. The number of rotatable bonds is 6. The van der Waals surface area contributed by atoms with Crippen molar-refractivity contribution in [3.63, 3.8) is 0 Å². The van der Waals surface area contributed by atoms with Crippen LogP contribution in [0.3, 0.4) is 0 Å². The van der Waals surface area contributed by atoms with Gasteiger partial charge in [0.15, 0.2) is 0 Å². The smallest absolute Gasteiger partial charge is 0.213 e. The number of thiophene rings is 1. The molecular weight excluding hydrogens is 328 g/mol. The Balaban J connectivity index is 1.83. The van der Waals surface area contributed by atoms with Gasteiger partial charge in [-0.05, 0) is 63.4 Å². The third-order valence-corrected chi connectivity index (χ3v) is 7.86. The van der Waals surface area contributed by atoms with Gasteiger partial charge < -0.3 is 0 Å². The second kappa shape index (κ2) is 7.78. The van der Waals surface area contributed by atoms with E-state index in [1.165, 1.54) is 4.88 Å². The zero-order chi connectivity index (χ0) is 17.0. The third-order valence-electron chi connectivity index (χ3n) is 4.95. The van der Waals surface area contributed by atoms with E-state index >= 15 is 0 Å². The number of nitrogens with one attached hydrogen (secondary N) is 1. The van der Waals surface area contributed by atoms with Crippen molar-refractivity contribution >= 4 is 21.4 Å². The summed E-state index contributed by atoms with van der Waals surface area (Å²) in [5.41, 5.74) is 0.767. The Bertz CT molecular complexity index is 650. The lowest BCUT2D eigenvalue weighted by molar-refractivity contribution is 0.247. The van der Waals surface area contributed by atoms with Crippen LogP contribution in [0, 0.1) is 23.2 Å². The van der Waals surface area contributed by atoms with Gasteiger partial charge >= 0.3 is 0 Å². The lowest BCUT2D eigenvalue weighted by Crippen LogP contribution is -2.36. The van der Waals surface area contributed by atoms with E-state index in [9.17, 15) is 8.42 Å². The SMILES string of the molecule is CC(CNS(=O)(=O)C(C)C)C1CCC(c2cc(C#N)cs2)CC1. The van der Waals surface area contributed by atoms with Crippen LogP contribution in [0.4, 0.5) is 0 Å². The minimum atomic E-state index is -3.16. The van der Waals surface area contributed by atoms with E-state index in [4.69, 9.17) is 5.26 Å². The minimum Gasteiger partial charge on any atom is -0.215 e. The van der Waals surface area contributed by atoms with Crippen LogP contribution in [0.5, 0.6) is 0 Å². The predicted molar refractivity (Wildman–Crippen MR) is 95.0 cm³/mol. The average molecular weight is 355 g/mol. The molecule has 1 aliphatic rings. The van der Waals surface area contributed by atoms with Crippen LogP contribution < -0.4 is 4.72 Å². The molecule has 23 heavy (non-hydrogen) atoms. The molecule has 1 aromatic heterocycles. The van der Waals surface area contributed by atoms with E-state index in [-0.39, 0.29) is 5.25 Å². The molecule has 1 N–H and O–H groups in total. The van der Waals surface area contributed by atoms with Gasteiger partial charge in [-0.25, -0.2) is 13.1 Å². The molecule has 6 heteroatoms. The summed E-state index contributed by atoms with van der Waals surface area (Å²) in [6, 6.07) is 4.22. The highest BCUT2D eigenvalue weighted by Gasteiger charge is 2.28. The van der Waals surface area contributed by atoms with Crippen molar-refractivity contribution in [2.24, 2.45) is 11.8 Å². The van der Waals surface area contributed by atoms with Crippen LogP contribution in [0.1, 0.15) is 62.8 Å². The first kappa shape index (κ1) is 18.4. The zero-order valence-corrected chi connectivity index (χ0v) is 15.7. The number of sulfonamides is 1. The van der Waals surface area contributed by atoms with Crippen molar-refractivity contribution in [3.05, 3.63) is 21.9 Å². The van der Waals surface area contributed by atoms with Gasteiger partial charge in [-0.1, -0.05) is 6.92 Å².